The first-order chi connectivity index (χ1) is 9.70. The molecule has 1 unspecified atom stereocenters. The summed E-state index contributed by atoms with van der Waals surface area (Å²) in [6.45, 7) is 0.0147. The van der Waals surface area contributed by atoms with Crippen molar-refractivity contribution < 1.29 is 31.9 Å². The van der Waals surface area contributed by atoms with Crippen LogP contribution in [0.4, 0.5) is 8.78 Å². The van der Waals surface area contributed by atoms with E-state index in [2.05, 4.69) is 5.32 Å². The smallest absolute Gasteiger partial charge is 0.335 e. The van der Waals surface area contributed by atoms with Crippen LogP contribution in [0.5, 0.6) is 0 Å². The largest absolute Gasteiger partial charge is 0.478 e. The standard InChI is InChI=1S/C11H10F2N2O5S/c12-7-1-5(11(17)18)2-8(10(7)13)21(19,20)15-6-3-9(16)14-4-6/h1-2,6,15H,3-4H2,(H,14,16)(H,17,18). The van der Waals surface area contributed by atoms with Crippen LogP contribution in [-0.4, -0.2) is 38.0 Å². The van der Waals surface area contributed by atoms with Crippen molar-refractivity contribution in [1.29, 1.82) is 0 Å². The van der Waals surface area contributed by atoms with Gasteiger partial charge in [-0.15, -0.1) is 0 Å². The second-order valence-corrected chi connectivity index (χ2v) is 6.08. The zero-order valence-electron chi connectivity index (χ0n) is 10.4. The molecule has 0 aliphatic carbocycles. The van der Waals surface area contributed by atoms with Gasteiger partial charge in [0.15, 0.2) is 11.6 Å². The quantitative estimate of drug-likeness (QED) is 0.713. The molecule has 10 heteroatoms. The Labute approximate surface area is 118 Å². The van der Waals surface area contributed by atoms with E-state index in [1.807, 2.05) is 4.72 Å². The van der Waals surface area contributed by atoms with Gasteiger partial charge in [-0.1, -0.05) is 0 Å². The second-order valence-electron chi connectivity index (χ2n) is 4.40. The van der Waals surface area contributed by atoms with Gasteiger partial charge in [0.2, 0.25) is 15.9 Å². The molecular weight excluding hydrogens is 310 g/mol. The first-order valence-electron chi connectivity index (χ1n) is 5.72. The summed E-state index contributed by atoms with van der Waals surface area (Å²) in [7, 11) is -4.50. The number of halogens is 2. The third kappa shape index (κ3) is 3.16. The van der Waals surface area contributed by atoms with Gasteiger partial charge in [0.1, 0.15) is 4.90 Å². The summed E-state index contributed by atoms with van der Waals surface area (Å²) in [5.41, 5.74) is -0.699. The molecule has 0 spiro atoms. The lowest BCUT2D eigenvalue weighted by Gasteiger charge is -2.12. The van der Waals surface area contributed by atoms with Gasteiger partial charge in [-0.25, -0.2) is 26.7 Å². The Bertz CT molecular complexity index is 720. The van der Waals surface area contributed by atoms with Crippen LogP contribution in [0.3, 0.4) is 0 Å². The Morgan fingerprint density at radius 1 is 1.38 bits per heavy atom. The molecule has 1 amide bonds. The number of hydrogen-bond donors (Lipinski definition) is 3. The average molecular weight is 320 g/mol. The monoisotopic (exact) mass is 320 g/mol. The van der Waals surface area contributed by atoms with Gasteiger partial charge in [-0.05, 0) is 12.1 Å². The van der Waals surface area contributed by atoms with E-state index in [1.165, 1.54) is 0 Å². The second kappa shape index (κ2) is 5.37. The number of sulfonamides is 1. The van der Waals surface area contributed by atoms with E-state index in [0.29, 0.717) is 12.1 Å². The molecule has 1 aromatic rings. The fourth-order valence-electron chi connectivity index (χ4n) is 1.85. The molecule has 21 heavy (non-hydrogen) atoms. The van der Waals surface area contributed by atoms with Crippen LogP contribution in [0.25, 0.3) is 0 Å². The minimum absolute atomic E-state index is 0.0147. The molecule has 1 fully saturated rings. The number of carbonyl (C=O) groups excluding carboxylic acids is 1. The number of nitrogens with one attached hydrogen (secondary N) is 2. The Hall–Kier alpha value is -2.07. The molecule has 1 atom stereocenters. The summed E-state index contributed by atoms with van der Waals surface area (Å²) in [4.78, 5) is 20.6. The summed E-state index contributed by atoms with van der Waals surface area (Å²) >= 11 is 0. The number of amides is 1. The predicted octanol–water partition coefficient (Wildman–Crippen LogP) is -0.170. The highest BCUT2D eigenvalue weighted by Gasteiger charge is 2.30. The lowest BCUT2D eigenvalue weighted by Crippen LogP contribution is -2.36. The van der Waals surface area contributed by atoms with Crippen LogP contribution in [0, 0.1) is 11.6 Å². The summed E-state index contributed by atoms with van der Waals surface area (Å²) < 4.78 is 52.9. The van der Waals surface area contributed by atoms with E-state index < -0.39 is 44.1 Å². The van der Waals surface area contributed by atoms with Gasteiger partial charge in [0.05, 0.1) is 5.56 Å². The van der Waals surface area contributed by atoms with Gasteiger partial charge in [-0.2, -0.15) is 0 Å². The zero-order valence-corrected chi connectivity index (χ0v) is 11.2. The fraction of sp³-hybridized carbons (Fsp3) is 0.273. The summed E-state index contributed by atoms with van der Waals surface area (Å²) in [6.07, 6.45) is -0.137. The fourth-order valence-corrected chi connectivity index (χ4v) is 3.20. The van der Waals surface area contributed by atoms with Crippen molar-refractivity contribution in [2.75, 3.05) is 6.54 Å². The predicted molar refractivity (Wildman–Crippen MR) is 65.1 cm³/mol. The van der Waals surface area contributed by atoms with Gasteiger partial charge in [0.25, 0.3) is 0 Å². The maximum Gasteiger partial charge on any atom is 0.335 e. The molecule has 1 heterocycles. The SMILES string of the molecule is O=C1CC(NS(=O)(=O)c2cc(C(=O)O)cc(F)c2F)CN1. The van der Waals surface area contributed by atoms with Crippen molar-refractivity contribution in [1.82, 2.24) is 10.0 Å². The highest BCUT2D eigenvalue weighted by molar-refractivity contribution is 7.89. The van der Waals surface area contributed by atoms with E-state index in [9.17, 15) is 26.8 Å². The number of carbonyl (C=O) groups is 2. The number of carboxylic acids is 1. The lowest BCUT2D eigenvalue weighted by molar-refractivity contribution is -0.119. The van der Waals surface area contributed by atoms with Crippen LogP contribution in [0.2, 0.25) is 0 Å². The molecule has 2 rings (SSSR count). The molecule has 1 aromatic carbocycles. The normalized spacial score (nSPS) is 18.6. The molecular formula is C11H10F2N2O5S. The molecule has 0 aromatic heterocycles. The van der Waals surface area contributed by atoms with Gasteiger partial charge in [-0.3, -0.25) is 4.79 Å². The molecule has 1 aliphatic rings. The average Bonchev–Trinajstić information content (AvgIpc) is 2.76. The zero-order chi connectivity index (χ0) is 15.8. The molecule has 3 N–H and O–H groups in total. The Morgan fingerprint density at radius 2 is 2.05 bits per heavy atom. The van der Waals surface area contributed by atoms with Gasteiger partial charge >= 0.3 is 5.97 Å². The summed E-state index contributed by atoms with van der Waals surface area (Å²) in [5.74, 6) is -5.24. The van der Waals surface area contributed by atoms with E-state index in [1.54, 1.807) is 0 Å². The maximum atomic E-state index is 13.6. The molecule has 1 aliphatic heterocycles. The molecule has 0 bridgehead atoms. The van der Waals surface area contributed by atoms with Crippen molar-refractivity contribution in [3.05, 3.63) is 29.3 Å². The van der Waals surface area contributed by atoms with Crippen molar-refractivity contribution in [2.45, 2.75) is 17.4 Å². The summed E-state index contributed by atoms with van der Waals surface area (Å²) in [5, 5.41) is 11.1. The third-order valence-corrected chi connectivity index (χ3v) is 4.35. The van der Waals surface area contributed by atoms with E-state index in [4.69, 9.17) is 5.11 Å². The van der Waals surface area contributed by atoms with Crippen molar-refractivity contribution in [3.8, 4) is 0 Å². The Morgan fingerprint density at radius 3 is 2.57 bits per heavy atom. The first kappa shape index (κ1) is 15.3. The lowest BCUT2D eigenvalue weighted by atomic mass is 10.2. The molecule has 7 nitrogen and oxygen atoms in total. The number of rotatable bonds is 4. The van der Waals surface area contributed by atoms with Crippen LogP contribution >= 0.6 is 0 Å². The Kier molecular flexibility index (Phi) is 3.92. The third-order valence-electron chi connectivity index (χ3n) is 2.83. The number of carboxylic acid groups (broad SMARTS) is 1. The molecule has 1 saturated heterocycles. The van der Waals surface area contributed by atoms with Crippen LogP contribution in [0.1, 0.15) is 16.8 Å². The van der Waals surface area contributed by atoms with Crippen molar-refractivity contribution in [2.24, 2.45) is 0 Å². The van der Waals surface area contributed by atoms with Crippen LogP contribution in [-0.2, 0) is 14.8 Å². The molecule has 0 radical (unpaired) electrons. The van der Waals surface area contributed by atoms with E-state index in [-0.39, 0.29) is 18.9 Å². The van der Waals surface area contributed by atoms with Crippen LogP contribution < -0.4 is 10.0 Å². The minimum atomic E-state index is -4.50. The maximum absolute atomic E-state index is 13.6. The van der Waals surface area contributed by atoms with Gasteiger partial charge < -0.3 is 10.4 Å². The van der Waals surface area contributed by atoms with Crippen molar-refractivity contribution in [3.63, 3.8) is 0 Å². The van der Waals surface area contributed by atoms with Crippen molar-refractivity contribution >= 4 is 21.9 Å². The number of hydrogen-bond acceptors (Lipinski definition) is 4. The Balaban J connectivity index is 2.39. The van der Waals surface area contributed by atoms with Crippen LogP contribution in [0.15, 0.2) is 17.0 Å². The highest BCUT2D eigenvalue weighted by Crippen LogP contribution is 2.20. The van der Waals surface area contributed by atoms with E-state index in [0.717, 1.165) is 0 Å². The first-order valence-corrected chi connectivity index (χ1v) is 7.20. The molecule has 0 saturated carbocycles. The summed E-state index contributed by atoms with van der Waals surface area (Å²) in [6, 6.07) is 0.100. The number of aromatic carboxylic acids is 1. The molecule has 114 valence electrons. The van der Waals surface area contributed by atoms with E-state index >= 15 is 0 Å². The highest BCUT2D eigenvalue weighted by atomic mass is 32.2. The van der Waals surface area contributed by atoms with Gasteiger partial charge in [0, 0.05) is 19.0 Å². The minimum Gasteiger partial charge on any atom is -0.478 e. The number of benzene rings is 1. The topological polar surface area (TPSA) is 113 Å².